The van der Waals surface area contributed by atoms with Crippen LogP contribution in [0.3, 0.4) is 0 Å². The summed E-state index contributed by atoms with van der Waals surface area (Å²) in [5.41, 5.74) is 0. The molecule has 0 saturated heterocycles. The molecular weight excluding hydrogens is 119 g/mol. The maximum absolute atomic E-state index is 9.00. The summed E-state index contributed by atoms with van der Waals surface area (Å²) in [6.07, 6.45) is 0. The first kappa shape index (κ1) is 16.0. The van der Waals surface area contributed by atoms with Gasteiger partial charge in [0.1, 0.15) is 0 Å². The minimum atomic E-state index is -0.833. The fourth-order valence-electron chi connectivity index (χ4n) is 0. The molecule has 0 aliphatic heterocycles. The Kier molecular flexibility index (Phi) is 24.3. The van der Waals surface area contributed by atoms with E-state index >= 15 is 0 Å². The Bertz CT molecular complexity index is 38.7. The van der Waals surface area contributed by atoms with Crippen molar-refractivity contribution in [2.24, 2.45) is 0 Å². The average molecular weight is 124 g/mol. The standard InChI is InChI=1S/C2H4O2.Fe.Li.H/c1-2(3)4;;;/h1H3,(H,3,4);;;/q;;+1;-1. The molecule has 0 rings (SSSR count). The van der Waals surface area contributed by atoms with E-state index in [4.69, 9.17) is 9.90 Å². The topological polar surface area (TPSA) is 37.3 Å². The van der Waals surface area contributed by atoms with Gasteiger partial charge in [0.25, 0.3) is 5.97 Å². The maximum atomic E-state index is 9.00. The molecule has 0 heterocycles. The Morgan fingerprint density at radius 3 is 1.83 bits per heavy atom. The van der Waals surface area contributed by atoms with Crippen LogP contribution in [0.1, 0.15) is 8.35 Å². The molecular formula is C2H5FeLiO2. The van der Waals surface area contributed by atoms with Gasteiger partial charge in [0.05, 0.1) is 0 Å². The van der Waals surface area contributed by atoms with Gasteiger partial charge in [0.15, 0.2) is 0 Å². The van der Waals surface area contributed by atoms with Gasteiger partial charge >= 0.3 is 18.9 Å². The fourth-order valence-corrected chi connectivity index (χ4v) is 0. The predicted molar refractivity (Wildman–Crippen MR) is 14.4 cm³/mol. The Morgan fingerprint density at radius 1 is 1.83 bits per heavy atom. The predicted octanol–water partition coefficient (Wildman–Crippen LogP) is -2.80. The second kappa shape index (κ2) is 9.14. The molecule has 0 fully saturated rings. The van der Waals surface area contributed by atoms with Crippen molar-refractivity contribution in [1.82, 2.24) is 0 Å². The molecule has 34 valence electrons. The Labute approximate surface area is 60.4 Å². The molecule has 6 heavy (non-hydrogen) atoms. The third-order valence-electron chi connectivity index (χ3n) is 0. The molecule has 0 atom stereocenters. The van der Waals surface area contributed by atoms with E-state index in [1.807, 2.05) is 0 Å². The van der Waals surface area contributed by atoms with Crippen molar-refractivity contribution in [3.8, 4) is 0 Å². The van der Waals surface area contributed by atoms with Crippen LogP contribution in [0.5, 0.6) is 0 Å². The minimum Gasteiger partial charge on any atom is -1.00 e. The Balaban J connectivity index is -0.0000000150. The summed E-state index contributed by atoms with van der Waals surface area (Å²) in [7, 11) is 0. The fraction of sp³-hybridized carbons (Fsp3) is 0.500. The van der Waals surface area contributed by atoms with E-state index in [1.54, 1.807) is 0 Å². The number of rotatable bonds is 0. The molecule has 0 aromatic carbocycles. The minimum absolute atomic E-state index is 0. The molecule has 0 aliphatic rings. The zero-order valence-electron chi connectivity index (χ0n) is 4.71. The van der Waals surface area contributed by atoms with Gasteiger partial charge in [-0.1, -0.05) is 0 Å². The quantitative estimate of drug-likeness (QED) is 0.354. The van der Waals surface area contributed by atoms with Crippen LogP contribution in [-0.4, -0.2) is 11.1 Å². The monoisotopic (exact) mass is 124 g/mol. The number of hydrogen-bond donors (Lipinski definition) is 1. The van der Waals surface area contributed by atoms with Crippen LogP contribution in [0.2, 0.25) is 0 Å². The molecule has 2 nitrogen and oxygen atoms in total. The molecule has 1 N–H and O–H groups in total. The molecule has 0 unspecified atom stereocenters. The summed E-state index contributed by atoms with van der Waals surface area (Å²) in [4.78, 5) is 9.00. The van der Waals surface area contributed by atoms with E-state index in [2.05, 4.69) is 0 Å². The Hall–Kier alpha value is 0.587. The first-order valence-electron chi connectivity index (χ1n) is 0.928. The van der Waals surface area contributed by atoms with Gasteiger partial charge in [-0.3, -0.25) is 4.79 Å². The van der Waals surface area contributed by atoms with E-state index < -0.39 is 5.97 Å². The molecule has 0 aliphatic carbocycles. The largest absolute Gasteiger partial charge is 1.00 e. The van der Waals surface area contributed by atoms with Crippen molar-refractivity contribution >= 4 is 5.97 Å². The van der Waals surface area contributed by atoms with Crippen molar-refractivity contribution in [3.05, 3.63) is 0 Å². The van der Waals surface area contributed by atoms with E-state index in [0.717, 1.165) is 6.92 Å². The first-order chi connectivity index (χ1) is 1.73. The SMILES string of the molecule is CC(=O)O.[Fe].[H-].[Li+]. The van der Waals surface area contributed by atoms with Crippen LogP contribution >= 0.6 is 0 Å². The van der Waals surface area contributed by atoms with Gasteiger partial charge < -0.3 is 6.53 Å². The van der Waals surface area contributed by atoms with Gasteiger partial charge in [0, 0.05) is 24.0 Å². The number of carboxylic acid groups (broad SMARTS) is 1. The van der Waals surface area contributed by atoms with Crippen LogP contribution in [0.25, 0.3) is 0 Å². The number of carbonyl (C=O) groups is 1. The molecule has 0 spiro atoms. The van der Waals surface area contributed by atoms with Crippen LogP contribution < -0.4 is 18.9 Å². The summed E-state index contributed by atoms with van der Waals surface area (Å²) in [6.45, 7) is 1.08. The average Bonchev–Trinajstić information content (AvgIpc) is 0.811. The molecule has 0 amide bonds. The van der Waals surface area contributed by atoms with E-state index in [1.165, 1.54) is 0 Å². The van der Waals surface area contributed by atoms with Gasteiger partial charge in [-0.05, 0) is 0 Å². The van der Waals surface area contributed by atoms with Crippen LogP contribution in [-0.2, 0) is 21.9 Å². The van der Waals surface area contributed by atoms with Crippen molar-refractivity contribution in [2.75, 3.05) is 0 Å². The zero-order valence-corrected chi connectivity index (χ0v) is 4.81. The van der Waals surface area contributed by atoms with Crippen molar-refractivity contribution in [3.63, 3.8) is 0 Å². The van der Waals surface area contributed by atoms with E-state index in [0.29, 0.717) is 0 Å². The molecule has 0 radical (unpaired) electrons. The molecule has 0 saturated carbocycles. The van der Waals surface area contributed by atoms with Crippen molar-refractivity contribution in [2.45, 2.75) is 6.92 Å². The van der Waals surface area contributed by atoms with Crippen LogP contribution in [0.4, 0.5) is 0 Å². The van der Waals surface area contributed by atoms with Crippen LogP contribution in [0.15, 0.2) is 0 Å². The molecule has 0 aromatic heterocycles. The molecule has 0 aromatic rings. The van der Waals surface area contributed by atoms with Gasteiger partial charge in [-0.2, -0.15) is 0 Å². The summed E-state index contributed by atoms with van der Waals surface area (Å²) in [5, 5.41) is 7.42. The zero-order chi connectivity index (χ0) is 3.58. The summed E-state index contributed by atoms with van der Waals surface area (Å²) < 4.78 is 0. The number of carboxylic acids is 1. The first-order valence-corrected chi connectivity index (χ1v) is 0.928. The van der Waals surface area contributed by atoms with Gasteiger partial charge in [0.2, 0.25) is 0 Å². The van der Waals surface area contributed by atoms with E-state index in [9.17, 15) is 0 Å². The number of hydrogen-bond acceptors (Lipinski definition) is 1. The smallest absolute Gasteiger partial charge is 1.00 e. The second-order valence-corrected chi connectivity index (χ2v) is 0.519. The third kappa shape index (κ3) is 171. The summed E-state index contributed by atoms with van der Waals surface area (Å²) in [6, 6.07) is 0. The summed E-state index contributed by atoms with van der Waals surface area (Å²) >= 11 is 0. The summed E-state index contributed by atoms with van der Waals surface area (Å²) in [5.74, 6) is -0.833. The second-order valence-electron chi connectivity index (χ2n) is 0.519. The number of aliphatic carboxylic acids is 1. The van der Waals surface area contributed by atoms with Crippen LogP contribution in [0, 0.1) is 0 Å². The molecule has 4 heteroatoms. The van der Waals surface area contributed by atoms with Crippen molar-refractivity contribution < 1.29 is 47.3 Å². The third-order valence-corrected chi connectivity index (χ3v) is 0. The maximum Gasteiger partial charge on any atom is 1.00 e. The Morgan fingerprint density at radius 2 is 1.83 bits per heavy atom. The van der Waals surface area contributed by atoms with Crippen molar-refractivity contribution in [1.29, 1.82) is 0 Å². The normalized spacial score (nSPS) is 4.17. The molecule has 0 bridgehead atoms. The van der Waals surface area contributed by atoms with E-state index in [-0.39, 0.29) is 37.4 Å². The van der Waals surface area contributed by atoms with Gasteiger partial charge in [-0.15, -0.1) is 0 Å². The van der Waals surface area contributed by atoms with Gasteiger partial charge in [-0.25, -0.2) is 0 Å².